The summed E-state index contributed by atoms with van der Waals surface area (Å²) in [6.45, 7) is 2.04. The Bertz CT molecular complexity index is 995. The van der Waals surface area contributed by atoms with Crippen molar-refractivity contribution < 1.29 is 0 Å². The summed E-state index contributed by atoms with van der Waals surface area (Å²) in [5.41, 5.74) is 5.19. The first-order chi connectivity index (χ1) is 12.3. The quantitative estimate of drug-likeness (QED) is 0.544. The van der Waals surface area contributed by atoms with Crippen LogP contribution in [-0.2, 0) is 0 Å². The van der Waals surface area contributed by atoms with E-state index in [1.807, 2.05) is 61.0 Å². The number of nitrogens with zero attached hydrogens (tertiary/aromatic N) is 3. The number of nitrogens with one attached hydrogen (secondary N) is 1. The first-order valence-corrected chi connectivity index (χ1v) is 8.83. The standard InChI is InChI=1S/C20H16N4S/c1-14-6-5-10-22-19(14)17-13-25-20(23-17)24-18-12-16(9-11-21-18)15-7-3-2-4-8-15/h2-13H,1H3,(H,21,23,24). The number of hydrogen-bond donors (Lipinski definition) is 1. The molecule has 0 aliphatic carbocycles. The third-order valence-corrected chi connectivity index (χ3v) is 4.62. The summed E-state index contributed by atoms with van der Waals surface area (Å²) in [5, 5.41) is 6.11. The summed E-state index contributed by atoms with van der Waals surface area (Å²) in [5.74, 6) is 0.778. The normalized spacial score (nSPS) is 10.6. The molecule has 122 valence electrons. The monoisotopic (exact) mass is 344 g/mol. The lowest BCUT2D eigenvalue weighted by atomic mass is 10.1. The van der Waals surface area contributed by atoms with E-state index in [9.17, 15) is 0 Å². The van der Waals surface area contributed by atoms with Crippen molar-refractivity contribution in [3.8, 4) is 22.5 Å². The van der Waals surface area contributed by atoms with E-state index in [0.717, 1.165) is 39.0 Å². The molecule has 0 amide bonds. The van der Waals surface area contributed by atoms with Crippen LogP contribution in [0.3, 0.4) is 0 Å². The summed E-state index contributed by atoms with van der Waals surface area (Å²) < 4.78 is 0. The van der Waals surface area contributed by atoms with E-state index < -0.39 is 0 Å². The van der Waals surface area contributed by atoms with E-state index in [1.165, 1.54) is 0 Å². The third-order valence-electron chi connectivity index (χ3n) is 3.86. The molecule has 0 saturated heterocycles. The summed E-state index contributed by atoms with van der Waals surface area (Å²) in [6.07, 6.45) is 3.60. The zero-order chi connectivity index (χ0) is 17.1. The van der Waals surface area contributed by atoms with Gasteiger partial charge in [0.2, 0.25) is 0 Å². The molecule has 0 aliphatic heterocycles. The lowest BCUT2D eigenvalue weighted by molar-refractivity contribution is 1.23. The van der Waals surface area contributed by atoms with Crippen LogP contribution in [-0.4, -0.2) is 15.0 Å². The van der Waals surface area contributed by atoms with Crippen LogP contribution in [0.25, 0.3) is 22.5 Å². The highest BCUT2D eigenvalue weighted by Crippen LogP contribution is 2.28. The summed E-state index contributed by atoms with van der Waals surface area (Å²) in [4.78, 5) is 13.5. The highest BCUT2D eigenvalue weighted by Gasteiger charge is 2.09. The van der Waals surface area contributed by atoms with Crippen LogP contribution in [0.5, 0.6) is 0 Å². The number of aromatic nitrogens is 3. The number of thiazole rings is 1. The van der Waals surface area contributed by atoms with Gasteiger partial charge < -0.3 is 5.32 Å². The molecule has 3 aromatic heterocycles. The number of pyridine rings is 2. The van der Waals surface area contributed by atoms with Crippen molar-refractivity contribution in [2.75, 3.05) is 5.32 Å². The van der Waals surface area contributed by atoms with Crippen molar-refractivity contribution in [1.29, 1.82) is 0 Å². The Morgan fingerprint density at radius 1 is 0.880 bits per heavy atom. The van der Waals surface area contributed by atoms with Gasteiger partial charge in [-0.2, -0.15) is 0 Å². The molecule has 0 aliphatic rings. The van der Waals surface area contributed by atoms with E-state index in [0.29, 0.717) is 0 Å². The molecule has 4 aromatic rings. The van der Waals surface area contributed by atoms with Crippen molar-refractivity contribution in [3.63, 3.8) is 0 Å². The molecule has 0 radical (unpaired) electrons. The van der Waals surface area contributed by atoms with Gasteiger partial charge in [-0.05, 0) is 41.8 Å². The SMILES string of the molecule is Cc1cccnc1-c1csc(Nc2cc(-c3ccccc3)ccn2)n1. The Kier molecular flexibility index (Phi) is 4.23. The van der Waals surface area contributed by atoms with Crippen molar-refractivity contribution >= 4 is 22.3 Å². The average molecular weight is 344 g/mol. The maximum absolute atomic E-state index is 4.64. The van der Waals surface area contributed by atoms with Gasteiger partial charge in [-0.1, -0.05) is 36.4 Å². The van der Waals surface area contributed by atoms with E-state index in [-0.39, 0.29) is 0 Å². The van der Waals surface area contributed by atoms with Crippen molar-refractivity contribution in [3.05, 3.63) is 77.9 Å². The zero-order valence-corrected chi connectivity index (χ0v) is 14.5. The minimum Gasteiger partial charge on any atom is -0.316 e. The Hall–Kier alpha value is -3.05. The zero-order valence-electron chi connectivity index (χ0n) is 13.7. The van der Waals surface area contributed by atoms with Crippen LogP contribution >= 0.6 is 11.3 Å². The number of aryl methyl sites for hydroxylation is 1. The predicted molar refractivity (Wildman–Crippen MR) is 103 cm³/mol. The molecule has 1 N–H and O–H groups in total. The third kappa shape index (κ3) is 3.41. The lowest BCUT2D eigenvalue weighted by Crippen LogP contribution is -1.94. The number of benzene rings is 1. The van der Waals surface area contributed by atoms with E-state index >= 15 is 0 Å². The van der Waals surface area contributed by atoms with Gasteiger partial charge in [0.25, 0.3) is 0 Å². The predicted octanol–water partition coefficient (Wildman–Crippen LogP) is 5.32. The molecular formula is C20H16N4S. The number of rotatable bonds is 4. The van der Waals surface area contributed by atoms with Crippen molar-refractivity contribution in [2.24, 2.45) is 0 Å². The average Bonchev–Trinajstić information content (AvgIpc) is 3.11. The molecule has 0 unspecified atom stereocenters. The van der Waals surface area contributed by atoms with Gasteiger partial charge in [0.15, 0.2) is 5.13 Å². The first kappa shape index (κ1) is 15.5. The van der Waals surface area contributed by atoms with Crippen molar-refractivity contribution in [1.82, 2.24) is 15.0 Å². The molecule has 5 heteroatoms. The Morgan fingerprint density at radius 3 is 2.60 bits per heavy atom. The molecule has 4 nitrogen and oxygen atoms in total. The Balaban J connectivity index is 1.59. The fourth-order valence-corrected chi connectivity index (χ4v) is 3.31. The van der Waals surface area contributed by atoms with Crippen LogP contribution in [0.15, 0.2) is 72.4 Å². The molecule has 3 heterocycles. The Morgan fingerprint density at radius 2 is 1.76 bits per heavy atom. The fraction of sp³-hybridized carbons (Fsp3) is 0.0500. The van der Waals surface area contributed by atoms with E-state index in [2.05, 4.69) is 32.4 Å². The largest absolute Gasteiger partial charge is 0.316 e. The minimum atomic E-state index is 0.778. The second-order valence-electron chi connectivity index (χ2n) is 5.63. The summed E-state index contributed by atoms with van der Waals surface area (Å²) in [7, 11) is 0. The van der Waals surface area contributed by atoms with Gasteiger partial charge in [0.05, 0.1) is 5.69 Å². The van der Waals surface area contributed by atoms with Crippen molar-refractivity contribution in [2.45, 2.75) is 6.92 Å². The van der Waals surface area contributed by atoms with Crippen LogP contribution in [0.2, 0.25) is 0 Å². The number of anilines is 2. The lowest BCUT2D eigenvalue weighted by Gasteiger charge is -2.05. The van der Waals surface area contributed by atoms with Gasteiger partial charge >= 0.3 is 0 Å². The Labute approximate surface area is 150 Å². The molecule has 0 bridgehead atoms. The molecule has 0 saturated carbocycles. The van der Waals surface area contributed by atoms with E-state index in [1.54, 1.807) is 17.5 Å². The first-order valence-electron chi connectivity index (χ1n) is 7.95. The molecule has 0 fully saturated rings. The maximum atomic E-state index is 4.64. The fourth-order valence-electron chi connectivity index (χ4n) is 2.61. The number of hydrogen-bond acceptors (Lipinski definition) is 5. The van der Waals surface area contributed by atoms with Gasteiger partial charge in [-0.25, -0.2) is 9.97 Å². The molecular weight excluding hydrogens is 328 g/mol. The molecule has 25 heavy (non-hydrogen) atoms. The van der Waals surface area contributed by atoms with Gasteiger partial charge in [-0.3, -0.25) is 4.98 Å². The van der Waals surface area contributed by atoms with Crippen LogP contribution < -0.4 is 5.32 Å². The van der Waals surface area contributed by atoms with Crippen LogP contribution in [0.1, 0.15) is 5.56 Å². The van der Waals surface area contributed by atoms with Gasteiger partial charge in [0.1, 0.15) is 11.5 Å². The smallest absolute Gasteiger partial charge is 0.188 e. The topological polar surface area (TPSA) is 50.7 Å². The van der Waals surface area contributed by atoms with Gasteiger partial charge in [0, 0.05) is 17.8 Å². The molecule has 0 spiro atoms. The summed E-state index contributed by atoms with van der Waals surface area (Å²) in [6, 6.07) is 18.3. The van der Waals surface area contributed by atoms with Crippen LogP contribution in [0, 0.1) is 6.92 Å². The van der Waals surface area contributed by atoms with Gasteiger partial charge in [-0.15, -0.1) is 11.3 Å². The molecule has 0 atom stereocenters. The highest BCUT2D eigenvalue weighted by atomic mass is 32.1. The second-order valence-corrected chi connectivity index (χ2v) is 6.49. The highest BCUT2D eigenvalue weighted by molar-refractivity contribution is 7.14. The summed E-state index contributed by atoms with van der Waals surface area (Å²) >= 11 is 1.55. The van der Waals surface area contributed by atoms with Crippen LogP contribution in [0.4, 0.5) is 10.9 Å². The van der Waals surface area contributed by atoms with E-state index in [4.69, 9.17) is 0 Å². The maximum Gasteiger partial charge on any atom is 0.188 e. The minimum absolute atomic E-state index is 0.778. The second kappa shape index (κ2) is 6.83. The molecule has 4 rings (SSSR count). The molecule has 1 aromatic carbocycles.